The van der Waals surface area contributed by atoms with Gasteiger partial charge in [0.15, 0.2) is 0 Å². The first kappa shape index (κ1) is 50.0. The van der Waals surface area contributed by atoms with Gasteiger partial charge in [0.1, 0.15) is 0 Å². The Morgan fingerprint density at radius 1 is 0.382 bits per heavy atom. The van der Waals surface area contributed by atoms with E-state index in [1.807, 2.05) is 0 Å². The Hall–Kier alpha value is -1.10. The van der Waals surface area contributed by atoms with Crippen LogP contribution in [0.4, 0.5) is 0 Å². The first-order valence-electron chi connectivity index (χ1n) is 25.2. The Bertz CT molecular complexity index is 859. The Morgan fingerprint density at radius 3 is 0.964 bits per heavy atom. The molecule has 2 aliphatic rings. The molecule has 5 heteroatoms. The van der Waals surface area contributed by atoms with Gasteiger partial charge >= 0.3 is 11.9 Å². The maximum atomic E-state index is 13.1. The predicted molar refractivity (Wildman–Crippen MR) is 234 cm³/mol. The summed E-state index contributed by atoms with van der Waals surface area (Å²) in [6, 6.07) is 0. The Labute approximate surface area is 342 Å². The van der Waals surface area contributed by atoms with Gasteiger partial charge in [-0.05, 0) is 25.7 Å². The molecule has 5 nitrogen and oxygen atoms in total. The summed E-state index contributed by atoms with van der Waals surface area (Å²) in [6.45, 7) is 5.50. The third kappa shape index (κ3) is 28.1. The molecule has 1 heterocycles. The van der Waals surface area contributed by atoms with Gasteiger partial charge in [-0.3, -0.25) is 9.59 Å². The highest BCUT2D eigenvalue weighted by atomic mass is 16.6. The van der Waals surface area contributed by atoms with E-state index in [0.29, 0.717) is 19.6 Å². The second-order valence-corrected chi connectivity index (χ2v) is 17.9. The Morgan fingerprint density at radius 2 is 0.655 bits per heavy atom. The molecule has 0 aromatic carbocycles. The largest absolute Gasteiger partial charge is 0.465 e. The number of epoxide rings is 1. The fourth-order valence-electron chi connectivity index (χ4n) is 8.93. The van der Waals surface area contributed by atoms with Gasteiger partial charge in [0.05, 0.1) is 37.3 Å². The average Bonchev–Trinajstić information content (AvgIpc) is 3.99. The molecule has 1 saturated carbocycles. The van der Waals surface area contributed by atoms with Gasteiger partial charge < -0.3 is 14.2 Å². The molecule has 324 valence electrons. The minimum atomic E-state index is -0.489. The Kier molecular flexibility index (Phi) is 33.8. The lowest BCUT2D eigenvalue weighted by atomic mass is 9.79. The lowest BCUT2D eigenvalue weighted by Gasteiger charge is -2.25. The number of rotatable bonds is 42. The average molecular weight is 775 g/mol. The van der Waals surface area contributed by atoms with Crippen molar-refractivity contribution in [1.29, 1.82) is 0 Å². The van der Waals surface area contributed by atoms with Gasteiger partial charge in [-0.25, -0.2) is 0 Å². The van der Waals surface area contributed by atoms with E-state index in [-0.39, 0.29) is 24.1 Å². The van der Waals surface area contributed by atoms with Crippen LogP contribution < -0.4 is 0 Å². The summed E-state index contributed by atoms with van der Waals surface area (Å²) in [5.74, 6) is -1.37. The van der Waals surface area contributed by atoms with Crippen molar-refractivity contribution in [1.82, 2.24) is 0 Å². The number of fused-ring (bicyclic) bond motifs is 1. The van der Waals surface area contributed by atoms with E-state index in [4.69, 9.17) is 14.2 Å². The van der Waals surface area contributed by atoms with Crippen LogP contribution in [0.1, 0.15) is 271 Å². The van der Waals surface area contributed by atoms with E-state index in [0.717, 1.165) is 32.1 Å². The monoisotopic (exact) mass is 775 g/mol. The number of ether oxygens (including phenoxy) is 3. The minimum Gasteiger partial charge on any atom is -0.465 e. The molecule has 0 bridgehead atoms. The van der Waals surface area contributed by atoms with Crippen LogP contribution in [0.3, 0.4) is 0 Å². The summed E-state index contributed by atoms with van der Waals surface area (Å²) in [5.41, 5.74) is 0. The van der Waals surface area contributed by atoms with Crippen LogP contribution in [0.2, 0.25) is 0 Å². The van der Waals surface area contributed by atoms with Crippen molar-refractivity contribution in [3.05, 3.63) is 0 Å². The van der Waals surface area contributed by atoms with Crippen LogP contribution in [0.15, 0.2) is 0 Å². The minimum absolute atomic E-state index is 0.122. The van der Waals surface area contributed by atoms with Crippen molar-refractivity contribution in [2.24, 2.45) is 11.8 Å². The molecular weight excluding hydrogens is 681 g/mol. The molecule has 4 atom stereocenters. The van der Waals surface area contributed by atoms with Crippen LogP contribution in [0, 0.1) is 11.8 Å². The number of carbonyl (C=O) groups excluding carboxylic acids is 2. The molecule has 55 heavy (non-hydrogen) atoms. The molecule has 0 amide bonds. The summed E-state index contributed by atoms with van der Waals surface area (Å²) in [7, 11) is 0. The standard InChI is InChI=1S/C50H94O5/c1-3-5-7-9-11-13-15-17-19-21-23-25-27-29-31-33-35-37-39-43-53-49(51)45-41-42-46-48(55-46)47(45)50(52)54-44-40-38-36-34-32-30-28-26-24-22-20-18-16-14-12-10-8-6-4-2/h45-48H,3-44H2,1-2H3. The number of hydrogen-bond acceptors (Lipinski definition) is 5. The van der Waals surface area contributed by atoms with Crippen molar-refractivity contribution in [3.8, 4) is 0 Å². The molecular formula is C50H94O5. The van der Waals surface area contributed by atoms with Crippen molar-refractivity contribution in [3.63, 3.8) is 0 Å². The second kappa shape index (κ2) is 37.2. The van der Waals surface area contributed by atoms with Crippen molar-refractivity contribution in [2.75, 3.05) is 13.2 Å². The van der Waals surface area contributed by atoms with Gasteiger partial charge in [0.2, 0.25) is 0 Å². The summed E-state index contributed by atoms with van der Waals surface area (Å²) >= 11 is 0. The maximum absolute atomic E-state index is 13.1. The van der Waals surface area contributed by atoms with Crippen molar-refractivity contribution in [2.45, 2.75) is 283 Å². The highest BCUT2D eigenvalue weighted by molar-refractivity contribution is 5.83. The van der Waals surface area contributed by atoms with E-state index < -0.39 is 11.8 Å². The van der Waals surface area contributed by atoms with Crippen LogP contribution >= 0.6 is 0 Å². The molecule has 0 aromatic rings. The van der Waals surface area contributed by atoms with Gasteiger partial charge in [-0.1, -0.05) is 245 Å². The number of carbonyl (C=O) groups is 2. The maximum Gasteiger partial charge on any atom is 0.312 e. The summed E-state index contributed by atoms with van der Waals surface area (Å²) < 4.78 is 17.2. The summed E-state index contributed by atoms with van der Waals surface area (Å²) in [4.78, 5) is 26.1. The molecule has 0 spiro atoms. The Balaban J connectivity index is 1.35. The highest BCUT2D eigenvalue weighted by Gasteiger charge is 2.57. The third-order valence-electron chi connectivity index (χ3n) is 12.7. The quantitative estimate of drug-likeness (QED) is 0.0351. The topological polar surface area (TPSA) is 65.1 Å². The van der Waals surface area contributed by atoms with Gasteiger partial charge in [0.25, 0.3) is 0 Å². The SMILES string of the molecule is CCCCCCCCCCCCCCCCCCCCCOC(=O)C1CCC2OC2C1C(=O)OCCCCCCCCCCCCCCCCCCCCC. The van der Waals surface area contributed by atoms with E-state index >= 15 is 0 Å². The van der Waals surface area contributed by atoms with Gasteiger partial charge in [0, 0.05) is 0 Å². The first-order chi connectivity index (χ1) is 27.2. The zero-order chi connectivity index (χ0) is 39.3. The molecule has 0 radical (unpaired) electrons. The molecule has 1 saturated heterocycles. The van der Waals surface area contributed by atoms with Gasteiger partial charge in [-0.2, -0.15) is 0 Å². The zero-order valence-corrected chi connectivity index (χ0v) is 37.0. The fourth-order valence-corrected chi connectivity index (χ4v) is 8.93. The second-order valence-electron chi connectivity index (χ2n) is 17.9. The van der Waals surface area contributed by atoms with Crippen molar-refractivity contribution >= 4 is 11.9 Å². The van der Waals surface area contributed by atoms with Crippen LogP contribution in [-0.2, 0) is 23.8 Å². The lowest BCUT2D eigenvalue weighted by molar-refractivity contribution is -0.162. The molecule has 1 aliphatic carbocycles. The van der Waals surface area contributed by atoms with Crippen LogP contribution in [0.5, 0.6) is 0 Å². The van der Waals surface area contributed by atoms with Crippen LogP contribution in [-0.4, -0.2) is 37.4 Å². The van der Waals surface area contributed by atoms with Crippen molar-refractivity contribution < 1.29 is 23.8 Å². The number of esters is 2. The lowest BCUT2D eigenvalue weighted by Crippen LogP contribution is -2.39. The van der Waals surface area contributed by atoms with Gasteiger partial charge in [-0.15, -0.1) is 0 Å². The normalized spacial score (nSPS) is 19.0. The van der Waals surface area contributed by atoms with E-state index in [1.54, 1.807) is 0 Å². The first-order valence-corrected chi connectivity index (χ1v) is 25.2. The smallest absolute Gasteiger partial charge is 0.312 e. The summed E-state index contributed by atoms with van der Waals surface area (Å²) in [5, 5.41) is 0. The molecule has 4 unspecified atom stereocenters. The zero-order valence-electron chi connectivity index (χ0n) is 37.0. The molecule has 0 N–H and O–H groups in total. The van der Waals surface area contributed by atoms with E-state index in [1.165, 1.54) is 218 Å². The predicted octanol–water partition coefficient (Wildman–Crippen LogP) is 15.7. The summed E-state index contributed by atoms with van der Waals surface area (Å²) in [6.07, 6.45) is 52.7. The fraction of sp³-hybridized carbons (Fsp3) is 0.960. The van der Waals surface area contributed by atoms with E-state index in [2.05, 4.69) is 13.8 Å². The number of unbranched alkanes of at least 4 members (excludes halogenated alkanes) is 36. The molecule has 2 rings (SSSR count). The third-order valence-corrected chi connectivity index (χ3v) is 12.7. The molecule has 2 fully saturated rings. The highest BCUT2D eigenvalue weighted by Crippen LogP contribution is 2.45. The molecule has 1 aliphatic heterocycles. The number of hydrogen-bond donors (Lipinski definition) is 0. The van der Waals surface area contributed by atoms with Crippen LogP contribution in [0.25, 0.3) is 0 Å². The van der Waals surface area contributed by atoms with E-state index in [9.17, 15) is 9.59 Å². The molecule has 0 aromatic heterocycles.